The Balaban J connectivity index is 0. The summed E-state index contributed by atoms with van der Waals surface area (Å²) in [6, 6.07) is 0. The quantitative estimate of drug-likeness (QED) is 0.433. The normalized spacial score (nSPS) is 9.38. The van der Waals surface area contributed by atoms with E-state index in [2.05, 4.69) is 0 Å². The van der Waals surface area contributed by atoms with Gasteiger partial charge in [-0.2, -0.15) is 0 Å². The van der Waals surface area contributed by atoms with Crippen molar-refractivity contribution >= 4 is 35.0 Å². The van der Waals surface area contributed by atoms with Gasteiger partial charge >= 0.3 is 11.9 Å². The smallest absolute Gasteiger partial charge is 0.317 e. The van der Waals surface area contributed by atoms with E-state index in [1.54, 1.807) is 0 Å². The predicted molar refractivity (Wildman–Crippen MR) is 44.6 cm³/mol. The number of aliphatic carboxylic acids is 2. The molecule has 0 aliphatic heterocycles. The average Bonchev–Trinajstić information content (AvgIpc) is 1.84. The van der Waals surface area contributed by atoms with E-state index in [9.17, 15) is 9.59 Å². The van der Waals surface area contributed by atoms with Crippen molar-refractivity contribution in [1.82, 2.24) is 4.90 Å². The Morgan fingerprint density at radius 1 is 1.08 bits per heavy atom. The first-order valence-electron chi connectivity index (χ1n) is 3.33. The van der Waals surface area contributed by atoms with Gasteiger partial charge in [0.05, 0.1) is 19.7 Å². The van der Waals surface area contributed by atoms with Crippen LogP contribution in [0.2, 0.25) is 0 Å². The highest BCUT2D eigenvalue weighted by atomic mass is 24.3. The maximum absolute atomic E-state index is 10.1. The molecule has 6 nitrogen and oxygen atoms in total. The van der Waals surface area contributed by atoms with E-state index < -0.39 is 11.9 Å². The number of hydrogen-bond acceptors (Lipinski definition) is 4. The highest BCUT2D eigenvalue weighted by molar-refractivity contribution is 5.75. The Hall–Kier alpha value is -0.374. The molecule has 3 N–H and O–H groups in total. The second-order valence-electron chi connectivity index (χ2n) is 2.22. The summed E-state index contributed by atoms with van der Waals surface area (Å²) in [6.07, 6.45) is 0. The van der Waals surface area contributed by atoms with E-state index in [-0.39, 0.29) is 49.3 Å². The van der Waals surface area contributed by atoms with Crippen molar-refractivity contribution in [2.24, 2.45) is 0 Å². The van der Waals surface area contributed by atoms with Crippen molar-refractivity contribution in [2.75, 3.05) is 26.2 Å². The molecule has 0 atom stereocenters. The molecule has 0 saturated heterocycles. The summed E-state index contributed by atoms with van der Waals surface area (Å²) in [5, 5.41) is 25.0. The van der Waals surface area contributed by atoms with Crippen molar-refractivity contribution in [3.05, 3.63) is 0 Å². The molecule has 0 spiro atoms. The predicted octanol–water partition coefficient (Wildman–Crippen LogP) is -1.93. The number of nitrogens with zero attached hydrogens (tertiary/aromatic N) is 1. The number of rotatable bonds is 6. The van der Waals surface area contributed by atoms with Crippen LogP contribution in [0.4, 0.5) is 0 Å². The zero-order chi connectivity index (χ0) is 9.56. The molecule has 0 unspecified atom stereocenters. The molecule has 2 radical (unpaired) electrons. The van der Waals surface area contributed by atoms with Gasteiger partial charge in [-0.15, -0.1) is 0 Å². The molecule has 0 aromatic carbocycles. The van der Waals surface area contributed by atoms with Crippen LogP contribution in [-0.4, -0.2) is 81.5 Å². The summed E-state index contributed by atoms with van der Waals surface area (Å²) in [4.78, 5) is 21.4. The standard InChI is InChI=1S/C6H11NO5.Mg/c8-2-1-7(3-5(9)10)4-6(11)12;/h8H,1-4H2,(H,9,10)(H,11,12);. The number of carboxylic acid groups (broad SMARTS) is 2. The number of aliphatic hydroxyl groups excluding tert-OH is 1. The van der Waals surface area contributed by atoms with Gasteiger partial charge < -0.3 is 15.3 Å². The second kappa shape index (κ2) is 8.23. The number of aliphatic hydroxyl groups is 1. The highest BCUT2D eigenvalue weighted by Gasteiger charge is 2.11. The third kappa shape index (κ3) is 9.54. The van der Waals surface area contributed by atoms with Gasteiger partial charge in [0.15, 0.2) is 0 Å². The molecule has 72 valence electrons. The summed E-state index contributed by atoms with van der Waals surface area (Å²) in [5.74, 6) is -2.21. The SMILES string of the molecule is O=C(O)CN(CCO)CC(=O)O.[Mg]. The summed E-state index contributed by atoms with van der Waals surface area (Å²) in [6.45, 7) is -0.932. The summed E-state index contributed by atoms with van der Waals surface area (Å²) in [5.41, 5.74) is 0. The highest BCUT2D eigenvalue weighted by Crippen LogP contribution is 1.86. The minimum Gasteiger partial charge on any atom is -0.480 e. The van der Waals surface area contributed by atoms with Gasteiger partial charge in [-0.1, -0.05) is 0 Å². The van der Waals surface area contributed by atoms with Crippen LogP contribution in [0.25, 0.3) is 0 Å². The van der Waals surface area contributed by atoms with Gasteiger partial charge in [0.1, 0.15) is 0 Å². The van der Waals surface area contributed by atoms with Crippen LogP contribution in [0.3, 0.4) is 0 Å². The Labute approximate surface area is 91.3 Å². The van der Waals surface area contributed by atoms with E-state index in [0.29, 0.717) is 0 Å². The molecule has 13 heavy (non-hydrogen) atoms. The van der Waals surface area contributed by atoms with Crippen molar-refractivity contribution in [2.45, 2.75) is 0 Å². The molecule has 0 saturated carbocycles. The van der Waals surface area contributed by atoms with Gasteiger partial charge in [-0.05, 0) is 0 Å². The molecule has 0 aliphatic carbocycles. The molecule has 0 amide bonds. The third-order valence-electron chi connectivity index (χ3n) is 1.13. The molecule has 0 fully saturated rings. The molecule has 0 aromatic heterocycles. The summed E-state index contributed by atoms with van der Waals surface area (Å²) < 4.78 is 0. The van der Waals surface area contributed by atoms with Crippen molar-refractivity contribution < 1.29 is 24.9 Å². The Bertz CT molecular complexity index is 158. The van der Waals surface area contributed by atoms with Crippen LogP contribution in [0.15, 0.2) is 0 Å². The van der Waals surface area contributed by atoms with Crippen molar-refractivity contribution in [3.8, 4) is 0 Å². The van der Waals surface area contributed by atoms with E-state index >= 15 is 0 Å². The minimum atomic E-state index is -1.11. The van der Waals surface area contributed by atoms with Gasteiger partial charge in [0.2, 0.25) is 0 Å². The number of hydrogen-bond donors (Lipinski definition) is 3. The van der Waals surface area contributed by atoms with Crippen LogP contribution in [0, 0.1) is 0 Å². The van der Waals surface area contributed by atoms with Crippen molar-refractivity contribution in [1.29, 1.82) is 0 Å². The lowest BCUT2D eigenvalue weighted by atomic mass is 10.4. The van der Waals surface area contributed by atoms with Crippen LogP contribution in [0.1, 0.15) is 0 Å². The summed E-state index contributed by atoms with van der Waals surface area (Å²) in [7, 11) is 0. The van der Waals surface area contributed by atoms with E-state index in [4.69, 9.17) is 15.3 Å². The lowest BCUT2D eigenvalue weighted by Crippen LogP contribution is -2.36. The van der Waals surface area contributed by atoms with Crippen LogP contribution in [-0.2, 0) is 9.59 Å². The Kier molecular flexibility index (Phi) is 9.57. The molecule has 0 aromatic rings. The molecular formula is C6H11MgNO5. The van der Waals surface area contributed by atoms with Crippen LogP contribution < -0.4 is 0 Å². The lowest BCUT2D eigenvalue weighted by Gasteiger charge is -2.15. The maximum atomic E-state index is 10.1. The van der Waals surface area contributed by atoms with E-state index in [1.165, 1.54) is 0 Å². The first-order valence-corrected chi connectivity index (χ1v) is 3.33. The molecule has 0 rings (SSSR count). The topological polar surface area (TPSA) is 98.1 Å². The number of carboxylic acids is 2. The van der Waals surface area contributed by atoms with Crippen LogP contribution >= 0.6 is 0 Å². The van der Waals surface area contributed by atoms with E-state index in [1.807, 2.05) is 0 Å². The van der Waals surface area contributed by atoms with Crippen molar-refractivity contribution in [3.63, 3.8) is 0 Å². The fraction of sp³-hybridized carbons (Fsp3) is 0.667. The first kappa shape index (κ1) is 15.1. The van der Waals surface area contributed by atoms with Gasteiger partial charge in [0, 0.05) is 29.6 Å². The number of carbonyl (C=O) groups is 2. The Morgan fingerprint density at radius 3 is 1.69 bits per heavy atom. The zero-order valence-electron chi connectivity index (χ0n) is 7.14. The summed E-state index contributed by atoms with van der Waals surface area (Å²) >= 11 is 0. The Morgan fingerprint density at radius 2 is 1.46 bits per heavy atom. The van der Waals surface area contributed by atoms with Gasteiger partial charge in [0.25, 0.3) is 0 Å². The molecule has 0 heterocycles. The average molecular weight is 201 g/mol. The first-order chi connectivity index (χ1) is 5.56. The van der Waals surface area contributed by atoms with Gasteiger partial charge in [-0.25, -0.2) is 0 Å². The fourth-order valence-electron chi connectivity index (χ4n) is 0.738. The third-order valence-corrected chi connectivity index (χ3v) is 1.13. The van der Waals surface area contributed by atoms with Crippen LogP contribution in [0.5, 0.6) is 0 Å². The fourth-order valence-corrected chi connectivity index (χ4v) is 0.738. The van der Waals surface area contributed by atoms with E-state index in [0.717, 1.165) is 4.90 Å². The molecule has 0 aliphatic rings. The molecular weight excluding hydrogens is 190 g/mol. The molecule has 7 heteroatoms. The van der Waals surface area contributed by atoms with Gasteiger partial charge in [-0.3, -0.25) is 14.5 Å². The minimum absolute atomic E-state index is 0. The zero-order valence-corrected chi connectivity index (χ0v) is 8.56. The largest absolute Gasteiger partial charge is 0.480 e. The molecule has 0 bridgehead atoms. The lowest BCUT2D eigenvalue weighted by molar-refractivity contribution is -0.141. The monoisotopic (exact) mass is 201 g/mol. The maximum Gasteiger partial charge on any atom is 0.317 e. The second-order valence-corrected chi connectivity index (χ2v) is 2.22.